The first-order valence-electron chi connectivity index (χ1n) is 21.8. The molecule has 0 fully saturated rings. The van der Waals surface area contributed by atoms with Crippen molar-refractivity contribution in [2.24, 2.45) is 0 Å². The number of rotatable bonds is 40. The van der Waals surface area contributed by atoms with E-state index in [-0.39, 0.29) is 30.6 Å². The van der Waals surface area contributed by atoms with Crippen LogP contribution in [0, 0.1) is 0 Å². The molecule has 0 radical (unpaired) electrons. The Hall–Kier alpha value is -1.59. The largest absolute Gasteiger partial charge is 0.508 e. The van der Waals surface area contributed by atoms with E-state index in [9.17, 15) is 19.2 Å². The molecule has 9 nitrogen and oxygen atoms in total. The summed E-state index contributed by atoms with van der Waals surface area (Å²) in [5, 5.41) is 0. The van der Waals surface area contributed by atoms with Crippen LogP contribution in [0.3, 0.4) is 0 Å². The van der Waals surface area contributed by atoms with Crippen LogP contribution in [0.1, 0.15) is 213 Å². The molecule has 0 N–H and O–H groups in total. The van der Waals surface area contributed by atoms with Gasteiger partial charge in [-0.1, -0.05) is 158 Å². The summed E-state index contributed by atoms with van der Waals surface area (Å²) in [4.78, 5) is 48.1. The smallest absolute Gasteiger partial charge is 0.466 e. The Morgan fingerprint density at radius 1 is 0.396 bits per heavy atom. The third-order valence-electron chi connectivity index (χ3n) is 9.40. The van der Waals surface area contributed by atoms with E-state index in [0.717, 1.165) is 133 Å². The highest BCUT2D eigenvalue weighted by atomic mass is 127. The van der Waals surface area contributed by atoms with Crippen LogP contribution in [-0.2, 0) is 38.1 Å². The van der Waals surface area contributed by atoms with Crippen molar-refractivity contribution in [1.29, 1.82) is 0 Å². The zero-order valence-electron chi connectivity index (χ0n) is 34.1. The van der Waals surface area contributed by atoms with Crippen LogP contribution in [0.2, 0.25) is 0 Å². The molecule has 0 aromatic heterocycles. The lowest BCUT2D eigenvalue weighted by Crippen LogP contribution is -2.22. The Bertz CT molecular complexity index is 854. The highest BCUT2D eigenvalue weighted by molar-refractivity contribution is 14.1. The van der Waals surface area contributed by atoms with Gasteiger partial charge < -0.3 is 23.7 Å². The fraction of sp³-hybridized carbons (Fsp3) is 0.907. The summed E-state index contributed by atoms with van der Waals surface area (Å²) < 4.78 is 27.9. The number of alkyl halides is 1. The maximum Gasteiger partial charge on any atom is 0.508 e. The molecule has 312 valence electrons. The van der Waals surface area contributed by atoms with Crippen LogP contribution >= 0.6 is 22.6 Å². The van der Waals surface area contributed by atoms with E-state index in [2.05, 4.69) is 36.4 Å². The van der Waals surface area contributed by atoms with Gasteiger partial charge in [-0.25, -0.2) is 4.79 Å². The summed E-state index contributed by atoms with van der Waals surface area (Å²) in [6, 6.07) is 0. The van der Waals surface area contributed by atoms with Gasteiger partial charge in [-0.05, 0) is 51.4 Å². The summed E-state index contributed by atoms with van der Waals surface area (Å²) in [6.45, 7) is 6.02. The summed E-state index contributed by atoms with van der Waals surface area (Å²) >= 11 is 2.25. The highest BCUT2D eigenvalue weighted by Crippen LogP contribution is 2.16. The Labute approximate surface area is 338 Å². The molecule has 0 aliphatic heterocycles. The lowest BCUT2D eigenvalue weighted by molar-refractivity contribution is -0.145. The topological polar surface area (TPSA) is 114 Å². The number of halogens is 1. The number of carbonyl (C=O) groups excluding carboxylic acids is 4. The van der Waals surface area contributed by atoms with Gasteiger partial charge in [0.25, 0.3) is 0 Å². The Morgan fingerprint density at radius 3 is 1.19 bits per heavy atom. The van der Waals surface area contributed by atoms with Crippen molar-refractivity contribution in [3.8, 4) is 0 Å². The molecule has 53 heavy (non-hydrogen) atoms. The van der Waals surface area contributed by atoms with Gasteiger partial charge in [0, 0.05) is 30.1 Å². The van der Waals surface area contributed by atoms with Crippen LogP contribution in [0.25, 0.3) is 0 Å². The maximum absolute atomic E-state index is 12.3. The van der Waals surface area contributed by atoms with Gasteiger partial charge in [0.2, 0.25) is 0 Å². The van der Waals surface area contributed by atoms with Gasteiger partial charge in [0.1, 0.15) is 6.10 Å². The molecule has 0 aliphatic carbocycles. The third-order valence-corrected chi connectivity index (χ3v) is 10.2. The normalized spacial score (nSPS) is 11.6. The van der Waals surface area contributed by atoms with Crippen LogP contribution in [0.15, 0.2) is 0 Å². The molecule has 0 bridgehead atoms. The van der Waals surface area contributed by atoms with Crippen molar-refractivity contribution in [2.75, 3.05) is 30.9 Å². The minimum Gasteiger partial charge on any atom is -0.466 e. The average Bonchev–Trinajstić information content (AvgIpc) is 3.14. The van der Waals surface area contributed by atoms with Gasteiger partial charge in [0.15, 0.2) is 0 Å². The number of carbonyl (C=O) groups is 4. The molecular formula is C43H79IO9. The van der Waals surface area contributed by atoms with Gasteiger partial charge >= 0.3 is 24.1 Å². The summed E-state index contributed by atoms with van der Waals surface area (Å²) in [5.74, 6) is -0.315. The molecule has 1 atom stereocenters. The van der Waals surface area contributed by atoms with E-state index in [4.69, 9.17) is 23.7 Å². The van der Waals surface area contributed by atoms with Gasteiger partial charge in [0.05, 0.1) is 26.4 Å². The van der Waals surface area contributed by atoms with E-state index in [1.165, 1.54) is 44.9 Å². The zero-order valence-corrected chi connectivity index (χ0v) is 36.2. The van der Waals surface area contributed by atoms with E-state index < -0.39 is 6.16 Å². The van der Waals surface area contributed by atoms with Crippen molar-refractivity contribution in [1.82, 2.24) is 0 Å². The molecule has 0 saturated heterocycles. The number of hydrogen-bond acceptors (Lipinski definition) is 9. The third kappa shape index (κ3) is 39.9. The summed E-state index contributed by atoms with van der Waals surface area (Å²) in [7, 11) is 0. The lowest BCUT2D eigenvalue weighted by Gasteiger charge is -2.18. The maximum atomic E-state index is 12.3. The molecule has 0 aliphatic rings. The number of unbranched alkanes of at least 4 members (excludes halogenated alkanes) is 21. The van der Waals surface area contributed by atoms with Crippen molar-refractivity contribution in [3.63, 3.8) is 0 Å². The minimum atomic E-state index is -0.641. The SMILES string of the molecule is CCCCCCCC(=O)OCCCCCCCCCCC(CCOC(=O)CCCCCCCCCOC(=O)CCCCCCC)OC(=O)OCCCI. The second-order valence-electron chi connectivity index (χ2n) is 14.5. The molecule has 1 unspecified atom stereocenters. The first kappa shape index (κ1) is 51.4. The molecular weight excluding hydrogens is 787 g/mol. The number of esters is 3. The Balaban J connectivity index is 3.95. The second kappa shape index (κ2) is 41.6. The average molecular weight is 867 g/mol. The van der Waals surface area contributed by atoms with E-state index in [1.54, 1.807) is 0 Å². The first-order valence-corrected chi connectivity index (χ1v) is 23.3. The fourth-order valence-corrected chi connectivity index (χ4v) is 6.38. The zero-order chi connectivity index (χ0) is 38.9. The molecule has 0 heterocycles. The second-order valence-corrected chi connectivity index (χ2v) is 15.6. The standard InChI is InChI=1S/C43H79IO9/c1-3-5-7-16-23-30-40(45)49-35-26-20-14-10-9-12-18-22-29-39(53-43(48)52-37-28-34-44)33-38-51-42(47)32-25-19-13-11-15-21-27-36-50-41(46)31-24-17-8-6-4-2/h39H,3-38H2,1-2H3. The van der Waals surface area contributed by atoms with Gasteiger partial charge in [-0.2, -0.15) is 0 Å². The summed E-state index contributed by atoms with van der Waals surface area (Å²) in [5.41, 5.74) is 0. The predicted molar refractivity (Wildman–Crippen MR) is 222 cm³/mol. The number of hydrogen-bond donors (Lipinski definition) is 0. The first-order chi connectivity index (χ1) is 25.9. The molecule has 0 amide bonds. The Morgan fingerprint density at radius 2 is 0.755 bits per heavy atom. The highest BCUT2D eigenvalue weighted by Gasteiger charge is 2.17. The van der Waals surface area contributed by atoms with Crippen molar-refractivity contribution in [3.05, 3.63) is 0 Å². The quantitative estimate of drug-likeness (QED) is 0.0195. The van der Waals surface area contributed by atoms with Gasteiger partial charge in [-0.3, -0.25) is 14.4 Å². The number of ether oxygens (including phenoxy) is 5. The van der Waals surface area contributed by atoms with Crippen molar-refractivity contribution in [2.45, 2.75) is 219 Å². The van der Waals surface area contributed by atoms with Crippen LogP contribution in [0.4, 0.5) is 4.79 Å². The molecule has 10 heteroatoms. The molecule has 0 aromatic rings. The monoisotopic (exact) mass is 866 g/mol. The molecule has 0 saturated carbocycles. The molecule has 0 rings (SSSR count). The molecule has 0 spiro atoms. The van der Waals surface area contributed by atoms with E-state index in [0.29, 0.717) is 45.5 Å². The van der Waals surface area contributed by atoms with Crippen LogP contribution in [0.5, 0.6) is 0 Å². The molecule has 0 aromatic carbocycles. The predicted octanol–water partition coefficient (Wildman–Crippen LogP) is 12.7. The Kier molecular flexibility index (Phi) is 40.3. The van der Waals surface area contributed by atoms with E-state index >= 15 is 0 Å². The fourth-order valence-electron chi connectivity index (χ4n) is 6.07. The van der Waals surface area contributed by atoms with Crippen molar-refractivity contribution >= 4 is 46.7 Å². The minimum absolute atomic E-state index is 0.0543. The lowest BCUT2D eigenvalue weighted by atomic mass is 10.0. The van der Waals surface area contributed by atoms with Crippen LogP contribution in [-0.4, -0.2) is 61.0 Å². The van der Waals surface area contributed by atoms with Crippen LogP contribution < -0.4 is 0 Å². The van der Waals surface area contributed by atoms with E-state index in [1.807, 2.05) is 0 Å². The van der Waals surface area contributed by atoms with Crippen molar-refractivity contribution < 1.29 is 42.9 Å². The van der Waals surface area contributed by atoms with Gasteiger partial charge in [-0.15, -0.1) is 0 Å². The summed E-state index contributed by atoms with van der Waals surface area (Å²) in [6.07, 6.45) is 29.6.